The molecular formula is C24H34N6O4. The average molecular weight is 471 g/mol. The van der Waals surface area contributed by atoms with Gasteiger partial charge in [0, 0.05) is 50.1 Å². The van der Waals surface area contributed by atoms with Gasteiger partial charge in [0.15, 0.2) is 0 Å². The molecule has 0 aromatic carbocycles. The second-order valence-corrected chi connectivity index (χ2v) is 8.85. The lowest BCUT2D eigenvalue weighted by Crippen LogP contribution is -2.35. The first-order valence-electron chi connectivity index (χ1n) is 11.7. The zero-order valence-electron chi connectivity index (χ0n) is 19.9. The number of aliphatic hydroxyl groups is 2. The van der Waals surface area contributed by atoms with Crippen LogP contribution in [0.25, 0.3) is 11.0 Å². The third kappa shape index (κ3) is 5.64. The molecule has 4 N–H and O–H groups in total. The third-order valence-electron chi connectivity index (χ3n) is 6.30. The molecule has 34 heavy (non-hydrogen) atoms. The van der Waals surface area contributed by atoms with E-state index in [9.17, 15) is 10.2 Å². The van der Waals surface area contributed by atoms with Crippen molar-refractivity contribution in [2.45, 2.75) is 51.0 Å². The van der Waals surface area contributed by atoms with E-state index in [0.29, 0.717) is 24.0 Å². The molecular weight excluding hydrogens is 436 g/mol. The van der Waals surface area contributed by atoms with E-state index in [1.54, 1.807) is 26.3 Å². The number of pyridine rings is 1. The minimum atomic E-state index is -1.05. The fourth-order valence-electron chi connectivity index (χ4n) is 4.20. The molecule has 0 saturated carbocycles. The summed E-state index contributed by atoms with van der Waals surface area (Å²) in [7, 11) is 1.62. The van der Waals surface area contributed by atoms with E-state index in [4.69, 9.17) is 9.47 Å². The highest BCUT2D eigenvalue weighted by atomic mass is 16.5. The van der Waals surface area contributed by atoms with Gasteiger partial charge < -0.3 is 29.6 Å². The van der Waals surface area contributed by atoms with E-state index >= 15 is 0 Å². The van der Waals surface area contributed by atoms with E-state index in [0.717, 1.165) is 31.6 Å². The monoisotopic (exact) mass is 470 g/mol. The van der Waals surface area contributed by atoms with Crippen LogP contribution in [0.2, 0.25) is 0 Å². The summed E-state index contributed by atoms with van der Waals surface area (Å²) in [5.41, 5.74) is 2.63. The van der Waals surface area contributed by atoms with Crippen LogP contribution in [0.15, 0.2) is 30.6 Å². The van der Waals surface area contributed by atoms with Gasteiger partial charge in [0.25, 0.3) is 0 Å². The van der Waals surface area contributed by atoms with Crippen LogP contribution in [-0.2, 0) is 4.74 Å². The summed E-state index contributed by atoms with van der Waals surface area (Å²) in [5.74, 6) is 1.15. The van der Waals surface area contributed by atoms with Crippen molar-refractivity contribution in [2.75, 3.05) is 38.3 Å². The highest BCUT2D eigenvalue weighted by Crippen LogP contribution is 2.34. The number of aliphatic hydroxyl groups excluding tert-OH is 2. The molecule has 0 amide bonds. The Balaban J connectivity index is 1.51. The van der Waals surface area contributed by atoms with Crippen molar-refractivity contribution in [3.05, 3.63) is 41.9 Å². The van der Waals surface area contributed by atoms with Gasteiger partial charge in [0.2, 0.25) is 0 Å². The van der Waals surface area contributed by atoms with Crippen LogP contribution in [0, 0.1) is 0 Å². The number of rotatable bonds is 10. The van der Waals surface area contributed by atoms with Gasteiger partial charge in [-0.25, -0.2) is 4.98 Å². The second kappa shape index (κ2) is 11.1. The summed E-state index contributed by atoms with van der Waals surface area (Å²) in [5, 5.41) is 24.1. The maximum atomic E-state index is 10.6. The Kier molecular flexibility index (Phi) is 7.94. The summed E-state index contributed by atoms with van der Waals surface area (Å²) < 4.78 is 11.0. The molecule has 0 bridgehead atoms. The fraction of sp³-hybridized carbons (Fsp3) is 0.542. The third-order valence-corrected chi connectivity index (χ3v) is 6.30. The average Bonchev–Trinajstić information content (AvgIpc) is 3.31. The molecule has 0 spiro atoms. The minimum Gasteiger partial charge on any atom is -0.461 e. The molecule has 1 aliphatic heterocycles. The summed E-state index contributed by atoms with van der Waals surface area (Å²) >= 11 is 0. The van der Waals surface area contributed by atoms with Gasteiger partial charge in [-0.15, -0.1) is 0 Å². The maximum Gasteiger partial charge on any atom is 0.318 e. The number of hydrogen-bond donors (Lipinski definition) is 4. The maximum absolute atomic E-state index is 10.6. The lowest BCUT2D eigenvalue weighted by molar-refractivity contribution is 0.0668. The number of methoxy groups -OCH3 is 1. The highest BCUT2D eigenvalue weighted by molar-refractivity contribution is 5.80. The SMILES string of the molecule is CO[C@H](C)COc1nc(C(O)N[C@H](C)CO)cc(N2CCC(c3c[nH]c4ncccc34)CC2)n1. The number of ether oxygens (including phenoxy) is 2. The first-order chi connectivity index (χ1) is 16.5. The Labute approximate surface area is 199 Å². The molecule has 4 rings (SSSR count). The van der Waals surface area contributed by atoms with E-state index < -0.39 is 6.23 Å². The van der Waals surface area contributed by atoms with Crippen LogP contribution in [0.4, 0.5) is 5.82 Å². The van der Waals surface area contributed by atoms with E-state index in [1.165, 1.54) is 10.9 Å². The Morgan fingerprint density at radius 1 is 1.26 bits per heavy atom. The molecule has 1 unspecified atom stereocenters. The highest BCUT2D eigenvalue weighted by Gasteiger charge is 2.25. The molecule has 0 aliphatic carbocycles. The Morgan fingerprint density at radius 3 is 2.79 bits per heavy atom. The number of nitrogens with one attached hydrogen (secondary N) is 2. The van der Waals surface area contributed by atoms with Crippen molar-refractivity contribution in [2.24, 2.45) is 0 Å². The number of piperidine rings is 1. The molecule has 1 saturated heterocycles. The number of fused-ring (bicyclic) bond motifs is 1. The zero-order valence-corrected chi connectivity index (χ0v) is 19.9. The summed E-state index contributed by atoms with van der Waals surface area (Å²) in [6, 6.07) is 5.78. The minimum absolute atomic E-state index is 0.0966. The van der Waals surface area contributed by atoms with E-state index in [2.05, 4.69) is 42.4 Å². The first-order valence-corrected chi connectivity index (χ1v) is 11.7. The van der Waals surface area contributed by atoms with Crippen LogP contribution in [0.1, 0.15) is 50.1 Å². The largest absolute Gasteiger partial charge is 0.461 e. The quantitative estimate of drug-likeness (QED) is 0.329. The predicted molar refractivity (Wildman–Crippen MR) is 129 cm³/mol. The molecule has 0 radical (unpaired) electrons. The Hall–Kier alpha value is -2.79. The summed E-state index contributed by atoms with van der Waals surface area (Å²) in [6.07, 6.45) is 4.65. The number of aromatic nitrogens is 4. The van der Waals surface area contributed by atoms with E-state index in [-0.39, 0.29) is 24.8 Å². The van der Waals surface area contributed by atoms with Crippen molar-refractivity contribution < 1.29 is 19.7 Å². The van der Waals surface area contributed by atoms with Crippen LogP contribution in [0.3, 0.4) is 0 Å². The molecule has 10 nitrogen and oxygen atoms in total. The zero-order chi connectivity index (χ0) is 24.1. The van der Waals surface area contributed by atoms with Gasteiger partial charge in [-0.05, 0) is 50.3 Å². The Bertz CT molecular complexity index is 1070. The summed E-state index contributed by atoms with van der Waals surface area (Å²) in [6.45, 7) is 5.52. The van der Waals surface area contributed by atoms with Crippen molar-refractivity contribution in [3.8, 4) is 6.01 Å². The molecule has 1 aliphatic rings. The van der Waals surface area contributed by atoms with Crippen LogP contribution >= 0.6 is 0 Å². The van der Waals surface area contributed by atoms with Gasteiger partial charge in [-0.2, -0.15) is 9.97 Å². The first kappa shape index (κ1) is 24.3. The van der Waals surface area contributed by atoms with Crippen molar-refractivity contribution >= 4 is 16.9 Å². The Morgan fingerprint density at radius 2 is 2.06 bits per heavy atom. The number of nitrogens with zero attached hydrogens (tertiary/aromatic N) is 4. The van der Waals surface area contributed by atoms with Crippen LogP contribution < -0.4 is 15.0 Å². The molecule has 10 heteroatoms. The normalized spacial score (nSPS) is 17.6. The smallest absolute Gasteiger partial charge is 0.318 e. The van der Waals surface area contributed by atoms with Crippen molar-refractivity contribution in [1.82, 2.24) is 25.3 Å². The van der Waals surface area contributed by atoms with Gasteiger partial charge in [0.1, 0.15) is 24.3 Å². The number of anilines is 1. The van der Waals surface area contributed by atoms with Gasteiger partial charge in [-0.3, -0.25) is 5.32 Å². The van der Waals surface area contributed by atoms with Crippen LogP contribution in [0.5, 0.6) is 6.01 Å². The second-order valence-electron chi connectivity index (χ2n) is 8.85. The topological polar surface area (TPSA) is 129 Å². The van der Waals surface area contributed by atoms with E-state index in [1.807, 2.05) is 13.0 Å². The lowest BCUT2D eigenvalue weighted by atomic mass is 9.89. The number of hydrogen-bond acceptors (Lipinski definition) is 9. The lowest BCUT2D eigenvalue weighted by Gasteiger charge is -2.33. The molecule has 184 valence electrons. The molecule has 3 aromatic heterocycles. The van der Waals surface area contributed by atoms with Gasteiger partial charge >= 0.3 is 6.01 Å². The number of H-pyrrole nitrogens is 1. The van der Waals surface area contributed by atoms with Crippen molar-refractivity contribution in [3.63, 3.8) is 0 Å². The molecule has 4 heterocycles. The molecule has 3 aromatic rings. The fourth-order valence-corrected chi connectivity index (χ4v) is 4.20. The standard InChI is InChI=1S/C24H34N6O4/c1-15(13-31)27-23(32)20-11-21(29-24(28-20)34-14-16(2)33-3)30-9-6-17(7-10-30)19-12-26-22-18(19)5-4-8-25-22/h4-5,8,11-12,15-17,23,27,31-32H,6-7,9-10,13-14H2,1-3H3,(H,25,26)/t15-,16-,23?/m1/s1. The molecule has 1 fully saturated rings. The summed E-state index contributed by atoms with van der Waals surface area (Å²) in [4.78, 5) is 18.9. The van der Waals surface area contributed by atoms with Crippen molar-refractivity contribution in [1.29, 1.82) is 0 Å². The van der Waals surface area contributed by atoms with Gasteiger partial charge in [0.05, 0.1) is 18.4 Å². The van der Waals surface area contributed by atoms with Crippen LogP contribution in [-0.4, -0.2) is 75.7 Å². The molecule has 3 atom stereocenters. The van der Waals surface area contributed by atoms with Gasteiger partial charge in [-0.1, -0.05) is 0 Å². The predicted octanol–water partition coefficient (Wildman–Crippen LogP) is 2.11. The number of aromatic amines is 1.